The van der Waals surface area contributed by atoms with Gasteiger partial charge in [-0.15, -0.1) is 0 Å². The Labute approximate surface area is 140 Å². The van der Waals surface area contributed by atoms with Crippen molar-refractivity contribution in [3.63, 3.8) is 0 Å². The van der Waals surface area contributed by atoms with Crippen LogP contribution in [0.4, 0.5) is 0 Å². The van der Waals surface area contributed by atoms with Crippen molar-refractivity contribution in [2.75, 3.05) is 0 Å². The highest BCUT2D eigenvalue weighted by molar-refractivity contribution is 7.79. The average molecular weight is 325 g/mol. The second-order valence-corrected chi connectivity index (χ2v) is 6.75. The summed E-state index contributed by atoms with van der Waals surface area (Å²) in [6.07, 6.45) is 1.75. The minimum atomic E-state index is -1.37. The van der Waals surface area contributed by atoms with Crippen LogP contribution in [0.15, 0.2) is 54.6 Å². The van der Waals surface area contributed by atoms with Gasteiger partial charge in [-0.1, -0.05) is 54.6 Å². The van der Waals surface area contributed by atoms with Gasteiger partial charge in [0.05, 0.1) is 11.8 Å². The van der Waals surface area contributed by atoms with E-state index in [4.69, 9.17) is 18.0 Å². The number of benzene rings is 2. The van der Waals surface area contributed by atoms with Crippen molar-refractivity contribution in [1.82, 2.24) is 5.43 Å². The first-order valence-electron chi connectivity index (χ1n) is 7.90. The Morgan fingerprint density at radius 1 is 1.17 bits per heavy atom. The van der Waals surface area contributed by atoms with E-state index in [1.54, 1.807) is 0 Å². The molecule has 0 spiro atoms. The van der Waals surface area contributed by atoms with Crippen LogP contribution in [-0.4, -0.2) is 5.11 Å². The summed E-state index contributed by atoms with van der Waals surface area (Å²) in [6.45, 7) is 0. The van der Waals surface area contributed by atoms with Crippen molar-refractivity contribution in [2.24, 2.45) is 11.7 Å². The van der Waals surface area contributed by atoms with E-state index in [-0.39, 0.29) is 17.1 Å². The molecule has 2 aliphatic rings. The van der Waals surface area contributed by atoms with Crippen LogP contribution in [0.2, 0.25) is 0 Å². The third-order valence-corrected chi connectivity index (χ3v) is 5.35. The second-order valence-electron chi connectivity index (χ2n) is 6.31. The number of hydrogen-bond acceptors (Lipinski definition) is 3. The lowest BCUT2D eigenvalue weighted by Crippen LogP contribution is -3.27. The fourth-order valence-corrected chi connectivity index (χ4v) is 4.34. The third-order valence-electron chi connectivity index (χ3n) is 5.14. The molecule has 1 saturated heterocycles. The molecule has 1 aliphatic heterocycles. The largest absolute Gasteiger partial charge is 0.798 e. The van der Waals surface area contributed by atoms with Gasteiger partial charge in [-0.3, -0.25) is 0 Å². The summed E-state index contributed by atoms with van der Waals surface area (Å²) < 4.78 is 0. The summed E-state index contributed by atoms with van der Waals surface area (Å²) in [5.41, 5.74) is 11.0. The second kappa shape index (κ2) is 5.39. The van der Waals surface area contributed by atoms with Crippen LogP contribution in [0.1, 0.15) is 29.2 Å². The number of hydrogen-bond donors (Lipinski definition) is 3. The summed E-state index contributed by atoms with van der Waals surface area (Å²) in [7, 11) is 0. The first kappa shape index (κ1) is 14.8. The van der Waals surface area contributed by atoms with E-state index in [1.807, 2.05) is 42.5 Å². The van der Waals surface area contributed by atoms with Crippen molar-refractivity contribution in [1.29, 1.82) is 0 Å². The number of aryl methyl sites for hydroxylation is 1. The lowest BCUT2D eigenvalue weighted by Gasteiger charge is -2.46. The molecule has 2 aromatic carbocycles. The first-order chi connectivity index (χ1) is 11.1. The number of nitrogens with two attached hydrogens (primary N) is 1. The van der Waals surface area contributed by atoms with Gasteiger partial charge in [0.2, 0.25) is 0 Å². The number of fused-ring (bicyclic) bond motifs is 3. The van der Waals surface area contributed by atoms with E-state index in [9.17, 15) is 5.11 Å². The molecule has 118 valence electrons. The van der Waals surface area contributed by atoms with Gasteiger partial charge in [-0.2, -0.15) is 5.43 Å². The predicted molar refractivity (Wildman–Crippen MR) is 90.0 cm³/mol. The van der Waals surface area contributed by atoms with Crippen LogP contribution >= 0.6 is 12.2 Å². The van der Waals surface area contributed by atoms with Gasteiger partial charge in [0, 0.05) is 23.7 Å². The molecular formula is C18H19N3OS. The summed E-state index contributed by atoms with van der Waals surface area (Å²) >= 11 is 5.21. The molecule has 4 atom stereocenters. The monoisotopic (exact) mass is 325 g/mol. The number of nitrogens with one attached hydrogen (secondary N) is 2. The zero-order chi connectivity index (χ0) is 16.0. The van der Waals surface area contributed by atoms with Crippen molar-refractivity contribution < 1.29 is 10.1 Å². The van der Waals surface area contributed by atoms with Crippen LogP contribution in [0.3, 0.4) is 0 Å². The normalized spacial score (nSPS) is 32.1. The highest BCUT2D eigenvalue weighted by atomic mass is 32.1. The van der Waals surface area contributed by atoms with Crippen LogP contribution in [0.5, 0.6) is 0 Å². The Balaban J connectivity index is 1.86. The molecule has 2 aromatic rings. The molecule has 0 saturated carbocycles. The predicted octanol–water partition coefficient (Wildman–Crippen LogP) is 0.150. The molecule has 4 unspecified atom stereocenters. The Morgan fingerprint density at radius 3 is 2.61 bits per heavy atom. The molecule has 0 amide bonds. The van der Waals surface area contributed by atoms with Crippen LogP contribution < -0.4 is 21.3 Å². The minimum Gasteiger partial charge on any atom is -0.798 e. The van der Waals surface area contributed by atoms with Crippen molar-refractivity contribution in [3.8, 4) is 0 Å². The number of rotatable bonds is 1. The third kappa shape index (κ3) is 2.12. The molecule has 4 N–H and O–H groups in total. The van der Waals surface area contributed by atoms with E-state index in [0.29, 0.717) is 5.01 Å². The van der Waals surface area contributed by atoms with Crippen LogP contribution in [0.25, 0.3) is 0 Å². The Bertz CT molecular complexity index is 751. The smallest absolute Gasteiger partial charge is 0.284 e. The Kier molecular flexibility index (Phi) is 3.46. The van der Waals surface area contributed by atoms with Gasteiger partial charge in [-0.25, -0.2) is 5.01 Å². The topological polar surface area (TPSA) is 65.5 Å². The Morgan fingerprint density at radius 2 is 1.87 bits per heavy atom. The Hall–Kier alpha value is -1.79. The number of quaternary nitrogens is 1. The van der Waals surface area contributed by atoms with Gasteiger partial charge in [0.25, 0.3) is 5.11 Å². The first-order valence-corrected chi connectivity index (χ1v) is 8.30. The fraction of sp³-hybridized carbons (Fsp3) is 0.278. The molecule has 23 heavy (non-hydrogen) atoms. The molecule has 0 bridgehead atoms. The molecule has 0 aromatic heterocycles. The fourth-order valence-electron chi connectivity index (χ4n) is 4.13. The van der Waals surface area contributed by atoms with Crippen molar-refractivity contribution in [2.45, 2.75) is 24.6 Å². The standard InChI is InChI=1S/C18H18N3OS/c19-17(23)21-18(22)14-9-5-4-6-12(14)10-11-15(18)16(20-21)13-7-2-1-3-8-13/h1-9,15-16,20H,10-11H2,(H2,19,23)/q-1/p+1. The van der Waals surface area contributed by atoms with Crippen molar-refractivity contribution >= 4 is 17.3 Å². The van der Waals surface area contributed by atoms with E-state index < -0.39 is 5.72 Å². The summed E-state index contributed by atoms with van der Waals surface area (Å²) in [5.74, 6) is -0.0868. The van der Waals surface area contributed by atoms with Crippen molar-refractivity contribution in [3.05, 3.63) is 71.3 Å². The quantitative estimate of drug-likeness (QED) is 0.653. The summed E-state index contributed by atoms with van der Waals surface area (Å²) in [5, 5.41) is 14.6. The molecule has 4 rings (SSSR count). The van der Waals surface area contributed by atoms with E-state index in [2.05, 4.69) is 17.6 Å². The van der Waals surface area contributed by atoms with Gasteiger partial charge in [0.15, 0.2) is 0 Å². The molecule has 1 heterocycles. The van der Waals surface area contributed by atoms with Gasteiger partial charge in [0.1, 0.15) is 0 Å². The SMILES string of the molecule is NC(=S)[NH+]1NC(c2ccccc2)C2CCc3ccccc3C21[O-]. The van der Waals surface area contributed by atoms with E-state index in [0.717, 1.165) is 29.5 Å². The van der Waals surface area contributed by atoms with E-state index >= 15 is 0 Å². The molecule has 0 radical (unpaired) electrons. The zero-order valence-electron chi connectivity index (χ0n) is 12.7. The maximum atomic E-state index is 14.0. The molecule has 1 aliphatic carbocycles. The van der Waals surface area contributed by atoms with Gasteiger partial charge < -0.3 is 10.8 Å². The highest BCUT2D eigenvalue weighted by Crippen LogP contribution is 2.43. The summed E-state index contributed by atoms with van der Waals surface area (Å²) in [4.78, 5) is 0. The average Bonchev–Trinajstić information content (AvgIpc) is 2.89. The highest BCUT2D eigenvalue weighted by Gasteiger charge is 2.55. The number of thiocarbonyl (C=S) groups is 1. The summed E-state index contributed by atoms with van der Waals surface area (Å²) in [6, 6.07) is 17.9. The molecule has 4 nitrogen and oxygen atoms in total. The maximum Gasteiger partial charge on any atom is 0.284 e. The van der Waals surface area contributed by atoms with Crippen LogP contribution in [0, 0.1) is 5.92 Å². The van der Waals surface area contributed by atoms with Gasteiger partial charge >= 0.3 is 0 Å². The zero-order valence-corrected chi connectivity index (χ0v) is 13.5. The molecule has 5 heteroatoms. The van der Waals surface area contributed by atoms with Gasteiger partial charge in [-0.05, 0) is 24.0 Å². The minimum absolute atomic E-state index is 0.0430. The maximum absolute atomic E-state index is 14.0. The lowest BCUT2D eigenvalue weighted by atomic mass is 9.73. The molecule has 1 fully saturated rings. The lowest BCUT2D eigenvalue weighted by molar-refractivity contribution is -0.998. The van der Waals surface area contributed by atoms with E-state index in [1.165, 1.54) is 0 Å². The molecular weight excluding hydrogens is 306 g/mol. The van der Waals surface area contributed by atoms with Crippen LogP contribution in [-0.2, 0) is 12.1 Å².